The number of nitrogens with zero attached hydrogens (tertiary/aromatic N) is 2. The van der Waals surface area contributed by atoms with Crippen LogP contribution in [-0.2, 0) is 0 Å². The monoisotopic (exact) mass is 169 g/mol. The van der Waals surface area contributed by atoms with Crippen molar-refractivity contribution >= 4 is 11.8 Å². The van der Waals surface area contributed by atoms with E-state index in [-0.39, 0.29) is 5.69 Å². The molecule has 1 aromatic rings. The van der Waals surface area contributed by atoms with Gasteiger partial charge in [-0.25, -0.2) is 4.79 Å². The maximum atomic E-state index is 10.4. The summed E-state index contributed by atoms with van der Waals surface area (Å²) in [6.45, 7) is 2.76. The highest BCUT2D eigenvalue weighted by Crippen LogP contribution is 2.09. The molecule has 0 spiro atoms. The van der Waals surface area contributed by atoms with E-state index in [1.807, 2.05) is 18.9 Å². The molecule has 66 valence electrons. The van der Waals surface area contributed by atoms with Gasteiger partial charge in [0.2, 0.25) is 0 Å². The Morgan fingerprint density at radius 2 is 2.50 bits per heavy atom. The fourth-order valence-corrected chi connectivity index (χ4v) is 0.778. The first-order valence-electron chi connectivity index (χ1n) is 3.65. The number of anilines is 1. The van der Waals surface area contributed by atoms with E-state index in [4.69, 9.17) is 5.11 Å². The van der Waals surface area contributed by atoms with Crippen LogP contribution >= 0.6 is 0 Å². The highest BCUT2D eigenvalue weighted by Gasteiger charge is 2.08. The van der Waals surface area contributed by atoms with Gasteiger partial charge in [0.05, 0.1) is 0 Å². The van der Waals surface area contributed by atoms with E-state index in [2.05, 4.69) is 10.2 Å². The molecule has 0 aliphatic heterocycles. The minimum absolute atomic E-state index is 0.116. The Kier molecular flexibility index (Phi) is 2.32. The average Bonchev–Trinajstić information content (AvgIpc) is 2.51. The number of nitrogens with one attached hydrogen (secondary N) is 1. The van der Waals surface area contributed by atoms with Gasteiger partial charge in [-0.05, 0) is 6.92 Å². The van der Waals surface area contributed by atoms with Gasteiger partial charge in [0.1, 0.15) is 5.69 Å². The van der Waals surface area contributed by atoms with Gasteiger partial charge in [0.15, 0.2) is 5.82 Å². The fourth-order valence-electron chi connectivity index (χ4n) is 0.778. The topological polar surface area (TPSA) is 69.2 Å². The fraction of sp³-hybridized carbons (Fsp3) is 0.429. The van der Waals surface area contributed by atoms with Crippen LogP contribution in [0.25, 0.3) is 0 Å². The second-order valence-electron chi connectivity index (χ2n) is 2.46. The molecule has 0 fully saturated rings. The molecule has 0 saturated carbocycles. The number of H-pyrrole nitrogens is 1. The zero-order chi connectivity index (χ0) is 9.14. The molecule has 12 heavy (non-hydrogen) atoms. The van der Waals surface area contributed by atoms with E-state index in [0.29, 0.717) is 5.82 Å². The van der Waals surface area contributed by atoms with Crippen LogP contribution in [0.2, 0.25) is 0 Å². The van der Waals surface area contributed by atoms with Crippen molar-refractivity contribution in [3.63, 3.8) is 0 Å². The van der Waals surface area contributed by atoms with E-state index < -0.39 is 5.97 Å². The number of aromatic amines is 1. The van der Waals surface area contributed by atoms with E-state index in [1.165, 1.54) is 6.07 Å². The lowest BCUT2D eigenvalue weighted by Crippen LogP contribution is -2.15. The van der Waals surface area contributed by atoms with Crippen molar-refractivity contribution in [2.75, 3.05) is 18.5 Å². The van der Waals surface area contributed by atoms with Gasteiger partial charge in [0, 0.05) is 19.7 Å². The van der Waals surface area contributed by atoms with Crippen molar-refractivity contribution in [3.05, 3.63) is 11.8 Å². The Labute approximate surface area is 70.0 Å². The minimum Gasteiger partial charge on any atom is -0.477 e. The summed E-state index contributed by atoms with van der Waals surface area (Å²) in [5, 5.41) is 14.8. The molecular weight excluding hydrogens is 158 g/mol. The van der Waals surface area contributed by atoms with Gasteiger partial charge in [-0.3, -0.25) is 5.10 Å². The molecule has 1 heterocycles. The Balaban J connectivity index is 2.84. The SMILES string of the molecule is CCN(C)c1cc(C(=O)O)[nH]n1. The van der Waals surface area contributed by atoms with Gasteiger partial charge < -0.3 is 10.0 Å². The lowest BCUT2D eigenvalue weighted by molar-refractivity contribution is 0.0690. The first-order chi connectivity index (χ1) is 5.65. The van der Waals surface area contributed by atoms with E-state index in [9.17, 15) is 4.79 Å². The lowest BCUT2D eigenvalue weighted by atomic mass is 10.4. The number of aromatic nitrogens is 2. The van der Waals surface area contributed by atoms with Crippen LogP contribution in [-0.4, -0.2) is 34.9 Å². The zero-order valence-corrected chi connectivity index (χ0v) is 7.03. The standard InChI is InChI=1S/C7H11N3O2/c1-3-10(2)6-4-5(7(11)12)8-9-6/h4H,3H2,1-2H3,(H,8,9)(H,11,12). The van der Waals surface area contributed by atoms with Crippen LogP contribution < -0.4 is 4.90 Å². The highest BCUT2D eigenvalue weighted by atomic mass is 16.4. The molecule has 5 heteroatoms. The van der Waals surface area contributed by atoms with Crippen LogP contribution in [0.15, 0.2) is 6.07 Å². The maximum absolute atomic E-state index is 10.4. The number of hydrogen-bond acceptors (Lipinski definition) is 3. The molecule has 0 aliphatic carbocycles. The molecule has 0 aromatic carbocycles. The Hall–Kier alpha value is -1.52. The Bertz CT molecular complexity index is 282. The number of carbonyl (C=O) groups is 1. The summed E-state index contributed by atoms with van der Waals surface area (Å²) >= 11 is 0. The third-order valence-corrected chi connectivity index (χ3v) is 1.66. The molecule has 0 atom stereocenters. The summed E-state index contributed by atoms with van der Waals surface area (Å²) in [7, 11) is 1.85. The normalized spacial score (nSPS) is 9.83. The molecule has 0 aliphatic rings. The first-order valence-corrected chi connectivity index (χ1v) is 3.65. The summed E-state index contributed by atoms with van der Waals surface area (Å²) in [5.74, 6) is -0.340. The summed E-state index contributed by atoms with van der Waals surface area (Å²) in [6.07, 6.45) is 0. The lowest BCUT2D eigenvalue weighted by Gasteiger charge is -2.11. The van der Waals surface area contributed by atoms with E-state index in [0.717, 1.165) is 6.54 Å². The van der Waals surface area contributed by atoms with Crippen molar-refractivity contribution in [2.45, 2.75) is 6.92 Å². The average molecular weight is 169 g/mol. The molecule has 1 aromatic heterocycles. The minimum atomic E-state index is -0.988. The third kappa shape index (κ3) is 1.55. The second-order valence-corrected chi connectivity index (χ2v) is 2.46. The van der Waals surface area contributed by atoms with Crippen molar-refractivity contribution in [1.82, 2.24) is 10.2 Å². The van der Waals surface area contributed by atoms with Gasteiger partial charge in [-0.2, -0.15) is 5.10 Å². The number of aromatic carboxylic acids is 1. The van der Waals surface area contributed by atoms with Crippen molar-refractivity contribution in [1.29, 1.82) is 0 Å². The maximum Gasteiger partial charge on any atom is 0.353 e. The van der Waals surface area contributed by atoms with Crippen LogP contribution in [0.4, 0.5) is 5.82 Å². The van der Waals surface area contributed by atoms with Crippen molar-refractivity contribution in [3.8, 4) is 0 Å². The Morgan fingerprint density at radius 3 is 2.92 bits per heavy atom. The number of carboxylic acid groups (broad SMARTS) is 1. The van der Waals surface area contributed by atoms with E-state index >= 15 is 0 Å². The molecular formula is C7H11N3O2. The van der Waals surface area contributed by atoms with E-state index in [1.54, 1.807) is 0 Å². The predicted molar refractivity (Wildman–Crippen MR) is 44.5 cm³/mol. The zero-order valence-electron chi connectivity index (χ0n) is 7.03. The molecule has 2 N–H and O–H groups in total. The third-order valence-electron chi connectivity index (χ3n) is 1.66. The number of carboxylic acids is 1. The van der Waals surface area contributed by atoms with Crippen LogP contribution in [0, 0.1) is 0 Å². The molecule has 0 amide bonds. The quantitative estimate of drug-likeness (QED) is 0.693. The molecule has 0 saturated heterocycles. The Morgan fingerprint density at radius 1 is 1.83 bits per heavy atom. The molecule has 0 unspecified atom stereocenters. The number of rotatable bonds is 3. The van der Waals surface area contributed by atoms with Crippen LogP contribution in [0.3, 0.4) is 0 Å². The molecule has 0 radical (unpaired) electrons. The van der Waals surface area contributed by atoms with Gasteiger partial charge in [-0.1, -0.05) is 0 Å². The molecule has 1 rings (SSSR count). The molecule has 5 nitrogen and oxygen atoms in total. The van der Waals surface area contributed by atoms with Crippen LogP contribution in [0.1, 0.15) is 17.4 Å². The summed E-state index contributed by atoms with van der Waals surface area (Å²) < 4.78 is 0. The largest absolute Gasteiger partial charge is 0.477 e. The highest BCUT2D eigenvalue weighted by molar-refractivity contribution is 5.86. The summed E-state index contributed by atoms with van der Waals surface area (Å²) in [6, 6.07) is 1.51. The summed E-state index contributed by atoms with van der Waals surface area (Å²) in [5.41, 5.74) is 0.116. The molecule has 0 bridgehead atoms. The van der Waals surface area contributed by atoms with Gasteiger partial charge >= 0.3 is 5.97 Å². The second kappa shape index (κ2) is 3.25. The van der Waals surface area contributed by atoms with Crippen molar-refractivity contribution < 1.29 is 9.90 Å². The smallest absolute Gasteiger partial charge is 0.353 e. The first kappa shape index (κ1) is 8.58. The predicted octanol–water partition coefficient (Wildman–Crippen LogP) is 0.564. The van der Waals surface area contributed by atoms with Gasteiger partial charge in [-0.15, -0.1) is 0 Å². The van der Waals surface area contributed by atoms with Gasteiger partial charge in [0.25, 0.3) is 0 Å². The number of hydrogen-bond donors (Lipinski definition) is 2. The van der Waals surface area contributed by atoms with Crippen molar-refractivity contribution in [2.24, 2.45) is 0 Å². The summed E-state index contributed by atoms with van der Waals surface area (Å²) in [4.78, 5) is 12.3. The van der Waals surface area contributed by atoms with Crippen LogP contribution in [0.5, 0.6) is 0 Å².